The summed E-state index contributed by atoms with van der Waals surface area (Å²) >= 11 is 12.1. The van der Waals surface area contributed by atoms with Gasteiger partial charge in [-0.05, 0) is 63.5 Å². The Hall–Kier alpha value is -0.280. The van der Waals surface area contributed by atoms with Gasteiger partial charge in [0.05, 0.1) is 10.0 Å². The van der Waals surface area contributed by atoms with Gasteiger partial charge in [0.25, 0.3) is 0 Å². The van der Waals surface area contributed by atoms with Crippen LogP contribution in [0.3, 0.4) is 0 Å². The van der Waals surface area contributed by atoms with Gasteiger partial charge >= 0.3 is 0 Å². The van der Waals surface area contributed by atoms with Gasteiger partial charge in [0, 0.05) is 12.1 Å². The largest absolute Gasteiger partial charge is 0.307 e. The minimum Gasteiger partial charge on any atom is -0.307 e. The first kappa shape index (κ1) is 16.1. The van der Waals surface area contributed by atoms with E-state index in [1.807, 2.05) is 12.1 Å². The summed E-state index contributed by atoms with van der Waals surface area (Å²) in [5, 5.41) is 4.97. The highest BCUT2D eigenvalue weighted by Crippen LogP contribution is 2.26. The molecule has 1 aliphatic rings. The number of piperidine rings is 1. The zero-order chi connectivity index (χ0) is 14.5. The normalized spacial score (nSPS) is 19.2. The number of nitrogens with zero attached hydrogens (tertiary/aromatic N) is 1. The molecule has 0 radical (unpaired) electrons. The number of likely N-dealkylation sites (tertiary alicyclic amines) is 1. The highest BCUT2D eigenvalue weighted by atomic mass is 35.5. The van der Waals surface area contributed by atoms with Crippen LogP contribution in [0, 0.1) is 0 Å². The van der Waals surface area contributed by atoms with Crippen molar-refractivity contribution in [1.29, 1.82) is 0 Å². The first-order chi connectivity index (χ1) is 9.60. The third-order valence-electron chi connectivity index (χ3n) is 4.06. The monoisotopic (exact) mass is 314 g/mol. The predicted octanol–water partition coefficient (Wildman–Crippen LogP) is 4.52. The summed E-state index contributed by atoms with van der Waals surface area (Å²) in [4.78, 5) is 2.56. The van der Waals surface area contributed by atoms with Crippen LogP contribution in [0.4, 0.5) is 0 Å². The minimum atomic E-state index is 0.312. The lowest BCUT2D eigenvalue weighted by molar-refractivity contribution is 0.192. The van der Waals surface area contributed by atoms with Gasteiger partial charge in [-0.25, -0.2) is 0 Å². The molecule has 1 saturated heterocycles. The number of nitrogens with one attached hydrogen (secondary N) is 1. The Morgan fingerprint density at radius 1 is 1.25 bits per heavy atom. The average molecular weight is 315 g/mol. The van der Waals surface area contributed by atoms with E-state index in [1.165, 1.54) is 44.5 Å². The molecule has 112 valence electrons. The third-order valence-corrected chi connectivity index (χ3v) is 4.80. The second-order valence-electron chi connectivity index (χ2n) is 5.68. The maximum absolute atomic E-state index is 6.09. The lowest BCUT2D eigenvalue weighted by atomic mass is 10.0. The third kappa shape index (κ3) is 4.36. The van der Waals surface area contributed by atoms with Crippen LogP contribution in [0.25, 0.3) is 0 Å². The van der Waals surface area contributed by atoms with Gasteiger partial charge in [-0.2, -0.15) is 0 Å². The summed E-state index contributed by atoms with van der Waals surface area (Å²) in [6, 6.07) is 6.81. The summed E-state index contributed by atoms with van der Waals surface area (Å²) in [5.41, 5.74) is 1.20. The van der Waals surface area contributed by atoms with Gasteiger partial charge < -0.3 is 10.2 Å². The predicted molar refractivity (Wildman–Crippen MR) is 87.8 cm³/mol. The molecular weight excluding hydrogens is 291 g/mol. The highest BCUT2D eigenvalue weighted by molar-refractivity contribution is 6.42. The van der Waals surface area contributed by atoms with Gasteiger partial charge in [0.15, 0.2) is 0 Å². The van der Waals surface area contributed by atoms with Crippen LogP contribution in [-0.4, -0.2) is 30.6 Å². The Morgan fingerprint density at radius 3 is 2.55 bits per heavy atom. The molecule has 2 rings (SSSR count). The summed E-state index contributed by atoms with van der Waals surface area (Å²) < 4.78 is 0. The van der Waals surface area contributed by atoms with Crippen LogP contribution in [0.15, 0.2) is 18.2 Å². The molecule has 1 aromatic carbocycles. The van der Waals surface area contributed by atoms with Crippen molar-refractivity contribution in [2.75, 3.05) is 19.6 Å². The maximum atomic E-state index is 6.09. The molecule has 1 unspecified atom stereocenters. The van der Waals surface area contributed by atoms with E-state index in [1.54, 1.807) is 0 Å². The molecule has 1 aliphatic heterocycles. The molecular formula is C16H24Cl2N2. The quantitative estimate of drug-likeness (QED) is 0.859. The van der Waals surface area contributed by atoms with Crippen molar-refractivity contribution in [3.8, 4) is 0 Å². The van der Waals surface area contributed by atoms with E-state index in [-0.39, 0.29) is 0 Å². The summed E-state index contributed by atoms with van der Waals surface area (Å²) in [5.74, 6) is 0. The molecule has 20 heavy (non-hydrogen) atoms. The van der Waals surface area contributed by atoms with Crippen molar-refractivity contribution in [2.45, 2.75) is 45.2 Å². The summed E-state index contributed by atoms with van der Waals surface area (Å²) in [7, 11) is 0. The van der Waals surface area contributed by atoms with E-state index in [9.17, 15) is 0 Å². The molecule has 2 nitrogen and oxygen atoms in total. The Labute approximate surface area is 132 Å². The minimum absolute atomic E-state index is 0.312. The molecule has 0 spiro atoms. The fourth-order valence-electron chi connectivity index (χ4n) is 2.87. The average Bonchev–Trinajstić information content (AvgIpc) is 2.44. The van der Waals surface area contributed by atoms with Crippen LogP contribution in [0.2, 0.25) is 10.0 Å². The molecule has 1 N–H and O–H groups in total. The van der Waals surface area contributed by atoms with E-state index in [4.69, 9.17) is 23.2 Å². The molecule has 0 bridgehead atoms. The van der Waals surface area contributed by atoms with E-state index in [0.717, 1.165) is 0 Å². The van der Waals surface area contributed by atoms with Crippen molar-refractivity contribution < 1.29 is 0 Å². The Morgan fingerprint density at radius 2 is 1.95 bits per heavy atom. The number of rotatable bonds is 5. The standard InChI is InChI=1S/C16H24Cl2N2/c1-3-8-20-9-6-14(7-10-20)19-12(2)13-4-5-15(17)16(18)11-13/h4-5,11-12,14,19H,3,6-10H2,1-2H3. The van der Waals surface area contributed by atoms with Crippen LogP contribution >= 0.6 is 23.2 Å². The van der Waals surface area contributed by atoms with Crippen molar-refractivity contribution in [3.63, 3.8) is 0 Å². The van der Waals surface area contributed by atoms with Gasteiger partial charge in [-0.3, -0.25) is 0 Å². The van der Waals surface area contributed by atoms with E-state index in [2.05, 4.69) is 30.1 Å². The van der Waals surface area contributed by atoms with Crippen LogP contribution in [-0.2, 0) is 0 Å². The molecule has 1 heterocycles. The lowest BCUT2D eigenvalue weighted by Gasteiger charge is -2.33. The molecule has 0 aliphatic carbocycles. The first-order valence-corrected chi connectivity index (χ1v) is 8.29. The van der Waals surface area contributed by atoms with Crippen molar-refractivity contribution in [2.24, 2.45) is 0 Å². The molecule has 0 aromatic heterocycles. The molecule has 1 fully saturated rings. The zero-order valence-electron chi connectivity index (χ0n) is 12.3. The van der Waals surface area contributed by atoms with Gasteiger partial charge in [0.2, 0.25) is 0 Å². The number of benzene rings is 1. The van der Waals surface area contributed by atoms with E-state index >= 15 is 0 Å². The van der Waals surface area contributed by atoms with Gasteiger partial charge in [-0.1, -0.05) is 36.2 Å². The van der Waals surface area contributed by atoms with Crippen LogP contribution in [0.1, 0.15) is 44.7 Å². The zero-order valence-corrected chi connectivity index (χ0v) is 13.8. The maximum Gasteiger partial charge on any atom is 0.0595 e. The molecule has 0 saturated carbocycles. The molecule has 1 atom stereocenters. The van der Waals surface area contributed by atoms with Gasteiger partial charge in [-0.15, -0.1) is 0 Å². The fourth-order valence-corrected chi connectivity index (χ4v) is 3.18. The Balaban J connectivity index is 1.85. The van der Waals surface area contributed by atoms with E-state index < -0.39 is 0 Å². The van der Waals surface area contributed by atoms with Crippen LogP contribution < -0.4 is 5.32 Å². The van der Waals surface area contributed by atoms with Gasteiger partial charge in [0.1, 0.15) is 0 Å². The summed E-state index contributed by atoms with van der Waals surface area (Å²) in [6.07, 6.45) is 3.70. The SMILES string of the molecule is CCCN1CCC(NC(C)c2ccc(Cl)c(Cl)c2)CC1. The fraction of sp³-hybridized carbons (Fsp3) is 0.625. The Kier molecular flexibility index (Phi) is 6.16. The number of hydrogen-bond acceptors (Lipinski definition) is 2. The first-order valence-electron chi connectivity index (χ1n) is 7.53. The molecule has 0 amide bonds. The number of hydrogen-bond donors (Lipinski definition) is 1. The summed E-state index contributed by atoms with van der Waals surface area (Å²) in [6.45, 7) is 8.09. The van der Waals surface area contributed by atoms with Crippen LogP contribution in [0.5, 0.6) is 0 Å². The van der Waals surface area contributed by atoms with Crippen molar-refractivity contribution in [1.82, 2.24) is 10.2 Å². The van der Waals surface area contributed by atoms with E-state index in [0.29, 0.717) is 22.1 Å². The Bertz CT molecular complexity index is 428. The highest BCUT2D eigenvalue weighted by Gasteiger charge is 2.20. The second kappa shape index (κ2) is 7.65. The molecule has 4 heteroatoms. The smallest absolute Gasteiger partial charge is 0.0595 e. The number of halogens is 2. The topological polar surface area (TPSA) is 15.3 Å². The second-order valence-corrected chi connectivity index (χ2v) is 6.49. The lowest BCUT2D eigenvalue weighted by Crippen LogP contribution is -2.43. The van der Waals surface area contributed by atoms with Crippen molar-refractivity contribution in [3.05, 3.63) is 33.8 Å². The molecule has 1 aromatic rings. The van der Waals surface area contributed by atoms with Crippen molar-refractivity contribution >= 4 is 23.2 Å².